The van der Waals surface area contributed by atoms with Gasteiger partial charge in [-0.15, -0.1) is 0 Å². The molecule has 1 aliphatic carbocycles. The van der Waals surface area contributed by atoms with Crippen molar-refractivity contribution in [2.45, 2.75) is 50.7 Å². The van der Waals surface area contributed by atoms with Crippen molar-refractivity contribution in [2.75, 3.05) is 38.6 Å². The average Bonchev–Trinajstić information content (AvgIpc) is 3.43. The summed E-state index contributed by atoms with van der Waals surface area (Å²) < 4.78 is 2.20. The van der Waals surface area contributed by atoms with E-state index in [2.05, 4.69) is 51.5 Å². The molecule has 32 heavy (non-hydrogen) atoms. The van der Waals surface area contributed by atoms with E-state index < -0.39 is 0 Å². The molecule has 2 aliphatic heterocycles. The van der Waals surface area contributed by atoms with Crippen molar-refractivity contribution in [1.82, 2.24) is 29.2 Å². The minimum absolute atomic E-state index is 0.361. The van der Waals surface area contributed by atoms with Crippen LogP contribution in [-0.4, -0.2) is 68.9 Å². The molecule has 2 unspecified atom stereocenters. The van der Waals surface area contributed by atoms with Crippen molar-refractivity contribution in [3.63, 3.8) is 0 Å². The quantitative estimate of drug-likeness (QED) is 0.633. The fraction of sp³-hybridized carbons (Fsp3) is 0.560. The van der Waals surface area contributed by atoms with Crippen molar-refractivity contribution in [3.05, 3.63) is 53.7 Å². The smallest absolute Gasteiger partial charge is 0.211 e. The first-order valence-corrected chi connectivity index (χ1v) is 12.1. The Morgan fingerprint density at radius 2 is 2.03 bits per heavy atom. The molecule has 2 saturated heterocycles. The molecule has 2 fully saturated rings. The number of aromatic nitrogens is 4. The molecule has 0 aromatic carbocycles. The Balaban J connectivity index is 1.24. The second-order valence-corrected chi connectivity index (χ2v) is 9.93. The SMILES string of the molecule is CN1CCCC2CN(c3nccc4nc(CN(C)[C@H]5CCCc6cccnc65)cn34)CC21. The number of fused-ring (bicyclic) bond motifs is 3. The maximum Gasteiger partial charge on any atom is 0.211 e. The second kappa shape index (κ2) is 8.12. The summed E-state index contributed by atoms with van der Waals surface area (Å²) in [6.07, 6.45) is 12.2. The summed E-state index contributed by atoms with van der Waals surface area (Å²) in [4.78, 5) is 21.9. The van der Waals surface area contributed by atoms with E-state index in [1.807, 2.05) is 18.5 Å². The monoisotopic (exact) mass is 431 g/mol. The highest BCUT2D eigenvalue weighted by atomic mass is 15.3. The van der Waals surface area contributed by atoms with Gasteiger partial charge in [-0.05, 0) is 76.4 Å². The molecule has 3 atom stereocenters. The molecular weight excluding hydrogens is 398 g/mol. The van der Waals surface area contributed by atoms with Crippen LogP contribution in [0.1, 0.15) is 48.7 Å². The van der Waals surface area contributed by atoms with E-state index in [9.17, 15) is 0 Å². The highest BCUT2D eigenvalue weighted by Crippen LogP contribution is 2.34. The number of anilines is 1. The van der Waals surface area contributed by atoms with Crippen molar-refractivity contribution in [3.8, 4) is 0 Å². The predicted molar refractivity (Wildman–Crippen MR) is 126 cm³/mol. The zero-order valence-electron chi connectivity index (χ0n) is 19.2. The molecule has 0 radical (unpaired) electrons. The van der Waals surface area contributed by atoms with Crippen LogP contribution in [0, 0.1) is 5.92 Å². The summed E-state index contributed by atoms with van der Waals surface area (Å²) in [5, 5.41) is 0. The number of likely N-dealkylation sites (tertiary alicyclic amines) is 1. The van der Waals surface area contributed by atoms with Gasteiger partial charge in [-0.25, -0.2) is 9.97 Å². The Morgan fingerprint density at radius 3 is 2.94 bits per heavy atom. The maximum atomic E-state index is 4.97. The van der Waals surface area contributed by atoms with Crippen LogP contribution in [0.15, 0.2) is 36.8 Å². The Kier molecular flexibility index (Phi) is 5.11. The molecule has 168 valence electrons. The molecule has 3 aliphatic rings. The highest BCUT2D eigenvalue weighted by Gasteiger charge is 2.38. The van der Waals surface area contributed by atoms with Gasteiger partial charge in [0.15, 0.2) is 0 Å². The lowest BCUT2D eigenvalue weighted by Crippen LogP contribution is -2.42. The fourth-order valence-electron chi connectivity index (χ4n) is 6.21. The number of aryl methyl sites for hydroxylation is 1. The Hall–Kier alpha value is -2.51. The van der Waals surface area contributed by atoms with Crippen LogP contribution < -0.4 is 4.90 Å². The van der Waals surface area contributed by atoms with Gasteiger partial charge in [-0.2, -0.15) is 0 Å². The number of pyridine rings is 1. The summed E-state index contributed by atoms with van der Waals surface area (Å²) in [7, 11) is 4.48. The third kappa shape index (κ3) is 3.48. The van der Waals surface area contributed by atoms with Crippen LogP contribution in [0.2, 0.25) is 0 Å². The molecule has 0 saturated carbocycles. The predicted octanol–water partition coefficient (Wildman–Crippen LogP) is 3.16. The molecule has 0 amide bonds. The van der Waals surface area contributed by atoms with E-state index in [0.29, 0.717) is 12.1 Å². The van der Waals surface area contributed by atoms with Gasteiger partial charge in [0, 0.05) is 44.3 Å². The lowest BCUT2D eigenvalue weighted by atomic mass is 9.91. The van der Waals surface area contributed by atoms with Crippen LogP contribution in [0.4, 0.5) is 5.95 Å². The molecule has 0 spiro atoms. The minimum atomic E-state index is 0.361. The summed E-state index contributed by atoms with van der Waals surface area (Å²) in [6, 6.07) is 7.33. The zero-order valence-corrected chi connectivity index (χ0v) is 19.2. The van der Waals surface area contributed by atoms with Crippen molar-refractivity contribution in [2.24, 2.45) is 5.92 Å². The van der Waals surface area contributed by atoms with Crippen LogP contribution in [-0.2, 0) is 13.0 Å². The minimum Gasteiger partial charge on any atom is -0.340 e. The topological polar surface area (TPSA) is 52.8 Å². The third-order valence-electron chi connectivity index (χ3n) is 7.86. The largest absolute Gasteiger partial charge is 0.340 e. The number of piperidine rings is 1. The van der Waals surface area contributed by atoms with Crippen molar-refractivity contribution in [1.29, 1.82) is 0 Å². The second-order valence-electron chi connectivity index (χ2n) is 9.93. The molecule has 3 aromatic heterocycles. The zero-order chi connectivity index (χ0) is 21.7. The van der Waals surface area contributed by atoms with Crippen LogP contribution >= 0.6 is 0 Å². The molecule has 7 heteroatoms. The standard InChI is InChI=1S/C25H33N7/c1-29-13-5-8-19-14-31(17-22(19)29)25-27-12-10-23-28-20(16-32(23)25)15-30(2)21-9-3-6-18-7-4-11-26-24(18)21/h4,7,10-12,16,19,21-22H,3,5-6,8-9,13-15,17H2,1-2H3/t19?,21-,22?/m0/s1. The van der Waals surface area contributed by atoms with E-state index >= 15 is 0 Å². The molecular formula is C25H33N7. The lowest BCUT2D eigenvalue weighted by Gasteiger charge is -2.33. The average molecular weight is 432 g/mol. The number of nitrogens with zero attached hydrogens (tertiary/aromatic N) is 7. The van der Waals surface area contributed by atoms with Gasteiger partial charge in [-0.1, -0.05) is 6.07 Å². The van der Waals surface area contributed by atoms with Gasteiger partial charge in [-0.3, -0.25) is 14.3 Å². The van der Waals surface area contributed by atoms with Crippen LogP contribution in [0.3, 0.4) is 0 Å². The van der Waals surface area contributed by atoms with Gasteiger partial charge in [0.1, 0.15) is 5.65 Å². The maximum absolute atomic E-state index is 4.97. The van der Waals surface area contributed by atoms with Gasteiger partial charge in [0.25, 0.3) is 0 Å². The van der Waals surface area contributed by atoms with Crippen LogP contribution in [0.5, 0.6) is 0 Å². The number of likely N-dealkylation sites (N-methyl/N-ethyl adjacent to an activating group) is 1. The number of imidazole rings is 1. The molecule has 6 rings (SSSR count). The van der Waals surface area contributed by atoms with E-state index in [-0.39, 0.29) is 0 Å². The van der Waals surface area contributed by atoms with Gasteiger partial charge >= 0.3 is 0 Å². The highest BCUT2D eigenvalue weighted by molar-refractivity contribution is 5.48. The first kappa shape index (κ1) is 20.1. The van der Waals surface area contributed by atoms with Gasteiger partial charge in [0.2, 0.25) is 5.95 Å². The summed E-state index contributed by atoms with van der Waals surface area (Å²) in [5.41, 5.74) is 4.73. The summed E-state index contributed by atoms with van der Waals surface area (Å²) >= 11 is 0. The van der Waals surface area contributed by atoms with Crippen molar-refractivity contribution >= 4 is 11.6 Å². The third-order valence-corrected chi connectivity index (χ3v) is 7.86. The molecule has 7 nitrogen and oxygen atoms in total. The van der Waals surface area contributed by atoms with E-state index in [1.165, 1.54) is 37.1 Å². The van der Waals surface area contributed by atoms with E-state index in [0.717, 1.165) is 55.7 Å². The Labute approximate surface area is 190 Å². The fourth-order valence-corrected chi connectivity index (χ4v) is 6.21. The Bertz CT molecular complexity index is 1110. The number of rotatable bonds is 4. The van der Waals surface area contributed by atoms with Crippen LogP contribution in [0.25, 0.3) is 5.65 Å². The first-order valence-electron chi connectivity index (χ1n) is 12.1. The first-order chi connectivity index (χ1) is 15.7. The van der Waals surface area contributed by atoms with Gasteiger partial charge < -0.3 is 9.80 Å². The summed E-state index contributed by atoms with van der Waals surface area (Å²) in [6.45, 7) is 4.19. The summed E-state index contributed by atoms with van der Waals surface area (Å²) in [5.74, 6) is 1.79. The molecule has 3 aromatic rings. The van der Waals surface area contributed by atoms with Gasteiger partial charge in [0.05, 0.1) is 17.4 Å². The van der Waals surface area contributed by atoms with E-state index in [1.54, 1.807) is 0 Å². The van der Waals surface area contributed by atoms with E-state index in [4.69, 9.17) is 15.0 Å². The normalized spacial score (nSPS) is 26.0. The van der Waals surface area contributed by atoms with Crippen molar-refractivity contribution < 1.29 is 0 Å². The number of hydrogen-bond acceptors (Lipinski definition) is 6. The molecule has 0 N–H and O–H groups in total. The lowest BCUT2D eigenvalue weighted by molar-refractivity contribution is 0.158. The molecule has 0 bridgehead atoms. The molecule has 5 heterocycles. The number of hydrogen-bond donors (Lipinski definition) is 0. The Morgan fingerprint density at radius 1 is 1.09 bits per heavy atom.